The lowest BCUT2D eigenvalue weighted by Crippen LogP contribution is -3.00. The Morgan fingerprint density at radius 1 is 0.647 bits per heavy atom. The van der Waals surface area contributed by atoms with Gasteiger partial charge in [-0.3, -0.25) is 0 Å². The highest BCUT2D eigenvalue weighted by molar-refractivity contribution is 8.93. The minimum absolute atomic E-state index is 0. The van der Waals surface area contributed by atoms with Gasteiger partial charge in [-0.1, -0.05) is 134 Å². The molecule has 1 nitrogen and oxygen atoms in total. The van der Waals surface area contributed by atoms with Crippen molar-refractivity contribution in [3.05, 3.63) is 48.6 Å². The second kappa shape index (κ2) is 27.9. The monoisotopic (exact) mass is 621 g/mol. The fraction of sp³-hybridized carbons (Fsp3) is 0.733. The molecule has 0 unspecified atom stereocenters. The molecule has 0 aliphatic carbocycles. The Hall–Kier alpha value is 0.310. The van der Waals surface area contributed by atoms with Crippen molar-refractivity contribution in [2.45, 2.75) is 123 Å². The van der Waals surface area contributed by atoms with Crippen LogP contribution in [-0.2, 0) is 6.16 Å². The molecule has 4 heteroatoms. The fourth-order valence-corrected chi connectivity index (χ4v) is 9.28. The van der Waals surface area contributed by atoms with E-state index in [4.69, 9.17) is 0 Å². The average molecular weight is 624 g/mol. The van der Waals surface area contributed by atoms with Gasteiger partial charge in [0.2, 0.25) is 0 Å². The Morgan fingerprint density at radius 3 is 1.41 bits per heavy atom. The van der Waals surface area contributed by atoms with Crippen molar-refractivity contribution in [2.75, 3.05) is 18.5 Å². The zero-order valence-electron chi connectivity index (χ0n) is 22.8. The Labute approximate surface area is 236 Å². The standard InChI is InChI=1S/C30H54P.2BrH.H3N/c1-4-7-9-11-13-15-17-22-27-31(26-6-3,29-30-24-20-19-21-25-30)28-23-18-16-14-12-10-8-5-2;;;/h6,19-21,24-25H,3-5,7-18,22-23,26-29H2,1-2H3;2*1H;1H3/q+1;;;/p-1. The van der Waals surface area contributed by atoms with Gasteiger partial charge in [0, 0.05) is 7.26 Å². The third-order valence-corrected chi connectivity index (χ3v) is 11.4. The average Bonchev–Trinajstić information content (AvgIpc) is 2.78. The molecule has 0 amide bonds. The van der Waals surface area contributed by atoms with Crippen LogP contribution in [0.3, 0.4) is 0 Å². The molecule has 1 aromatic rings. The molecule has 0 atom stereocenters. The SMILES string of the molecule is Br.C=CC[P+](CCCCCCCCCC)(CCCCCCCCCC)Cc1ccccc1.N.[Br-]. The van der Waals surface area contributed by atoms with Crippen LogP contribution in [0.25, 0.3) is 0 Å². The normalized spacial score (nSPS) is 10.6. The van der Waals surface area contributed by atoms with Gasteiger partial charge in [-0.25, -0.2) is 0 Å². The van der Waals surface area contributed by atoms with E-state index in [1.165, 1.54) is 127 Å². The van der Waals surface area contributed by atoms with Crippen LogP contribution in [0.4, 0.5) is 0 Å². The van der Waals surface area contributed by atoms with Crippen molar-refractivity contribution in [1.29, 1.82) is 0 Å². The maximum Gasteiger partial charge on any atom is 0.0846 e. The highest BCUT2D eigenvalue weighted by atomic mass is 79.9. The highest BCUT2D eigenvalue weighted by Gasteiger charge is 2.35. The molecule has 1 rings (SSSR count). The van der Waals surface area contributed by atoms with E-state index in [2.05, 4.69) is 56.8 Å². The summed E-state index contributed by atoms with van der Waals surface area (Å²) in [4.78, 5) is 0. The lowest BCUT2D eigenvalue weighted by molar-refractivity contribution is -0.00000744. The van der Waals surface area contributed by atoms with Gasteiger partial charge in [0.15, 0.2) is 0 Å². The van der Waals surface area contributed by atoms with Gasteiger partial charge in [-0.2, -0.15) is 0 Å². The minimum Gasteiger partial charge on any atom is -1.00 e. The Balaban J connectivity index is -0.00000320. The van der Waals surface area contributed by atoms with Gasteiger partial charge in [0.05, 0.1) is 24.6 Å². The van der Waals surface area contributed by atoms with E-state index in [0.29, 0.717) is 0 Å². The zero-order valence-corrected chi connectivity index (χ0v) is 26.9. The summed E-state index contributed by atoms with van der Waals surface area (Å²) in [5, 5.41) is 0. The first kappa shape index (κ1) is 38.8. The van der Waals surface area contributed by atoms with Crippen molar-refractivity contribution in [1.82, 2.24) is 6.15 Å². The largest absolute Gasteiger partial charge is 1.00 e. The second-order valence-corrected chi connectivity index (χ2v) is 14.1. The maximum atomic E-state index is 4.19. The maximum absolute atomic E-state index is 4.19. The number of hydrogen-bond acceptors (Lipinski definition) is 1. The van der Waals surface area contributed by atoms with Crippen molar-refractivity contribution >= 4 is 24.2 Å². The molecule has 0 fully saturated rings. The van der Waals surface area contributed by atoms with E-state index in [1.54, 1.807) is 5.56 Å². The molecule has 0 radical (unpaired) electrons. The van der Waals surface area contributed by atoms with Crippen molar-refractivity contribution in [3.63, 3.8) is 0 Å². The Bertz CT molecular complexity index is 504. The summed E-state index contributed by atoms with van der Waals surface area (Å²) in [6, 6.07) is 11.3. The summed E-state index contributed by atoms with van der Waals surface area (Å²) in [7, 11) is -0.969. The lowest BCUT2D eigenvalue weighted by Gasteiger charge is -2.27. The van der Waals surface area contributed by atoms with E-state index in [-0.39, 0.29) is 40.1 Å². The molecular formula is C30H58Br2NP. The smallest absolute Gasteiger partial charge is 0.0846 e. The fourth-order valence-electron chi connectivity index (χ4n) is 4.92. The Kier molecular flexibility index (Phi) is 31.9. The van der Waals surface area contributed by atoms with E-state index in [9.17, 15) is 0 Å². The summed E-state index contributed by atoms with van der Waals surface area (Å²) >= 11 is 0. The molecular weight excluding hydrogens is 565 g/mol. The van der Waals surface area contributed by atoms with Crippen LogP contribution in [-0.4, -0.2) is 18.5 Å². The molecule has 0 saturated carbocycles. The molecule has 3 N–H and O–H groups in total. The van der Waals surface area contributed by atoms with Crippen LogP contribution in [0.5, 0.6) is 0 Å². The summed E-state index contributed by atoms with van der Waals surface area (Å²) < 4.78 is 0. The van der Waals surface area contributed by atoms with Crippen molar-refractivity contribution < 1.29 is 17.0 Å². The first-order valence-electron chi connectivity index (χ1n) is 13.8. The topological polar surface area (TPSA) is 35.0 Å². The number of unbranched alkanes of at least 4 members (excludes halogenated alkanes) is 14. The predicted octanol–water partition coefficient (Wildman–Crippen LogP) is 8.42. The summed E-state index contributed by atoms with van der Waals surface area (Å²) in [5.74, 6) is 0. The number of halogens is 2. The number of rotatable bonds is 22. The van der Waals surface area contributed by atoms with Crippen LogP contribution in [0, 0.1) is 0 Å². The van der Waals surface area contributed by atoms with Gasteiger partial charge in [0.25, 0.3) is 0 Å². The number of hydrogen-bond donors (Lipinski definition) is 1. The molecule has 0 saturated heterocycles. The van der Waals surface area contributed by atoms with E-state index < -0.39 is 7.26 Å². The second-order valence-electron chi connectivity index (χ2n) is 9.85. The van der Waals surface area contributed by atoms with E-state index in [1.807, 2.05) is 0 Å². The first-order valence-corrected chi connectivity index (χ1v) is 16.3. The van der Waals surface area contributed by atoms with Crippen molar-refractivity contribution in [3.8, 4) is 0 Å². The zero-order chi connectivity index (χ0) is 22.5. The third-order valence-electron chi connectivity index (χ3n) is 6.85. The van der Waals surface area contributed by atoms with Crippen LogP contribution in [0.2, 0.25) is 0 Å². The molecule has 0 aliphatic rings. The van der Waals surface area contributed by atoms with Crippen LogP contribution in [0.15, 0.2) is 43.0 Å². The molecule has 0 spiro atoms. The molecule has 0 aliphatic heterocycles. The molecule has 1 aromatic carbocycles. The van der Waals surface area contributed by atoms with Gasteiger partial charge >= 0.3 is 0 Å². The van der Waals surface area contributed by atoms with Crippen molar-refractivity contribution in [2.24, 2.45) is 0 Å². The van der Waals surface area contributed by atoms with Gasteiger partial charge in [-0.05, 0) is 31.2 Å². The summed E-state index contributed by atoms with van der Waals surface area (Å²) in [5.41, 5.74) is 1.57. The van der Waals surface area contributed by atoms with Gasteiger partial charge in [-0.15, -0.1) is 17.0 Å². The quantitative estimate of drug-likeness (QED) is 0.0786. The van der Waals surface area contributed by atoms with Crippen LogP contribution < -0.4 is 23.1 Å². The van der Waals surface area contributed by atoms with Crippen LogP contribution in [0.1, 0.15) is 122 Å². The van der Waals surface area contributed by atoms with E-state index >= 15 is 0 Å². The molecule has 0 bridgehead atoms. The molecule has 202 valence electrons. The van der Waals surface area contributed by atoms with Gasteiger partial charge in [0.1, 0.15) is 0 Å². The first-order chi connectivity index (χ1) is 15.3. The molecule has 0 heterocycles. The Morgan fingerprint density at radius 2 is 1.03 bits per heavy atom. The third kappa shape index (κ3) is 20.5. The summed E-state index contributed by atoms with van der Waals surface area (Å²) in [6.45, 7) is 8.80. The minimum atomic E-state index is -0.969. The van der Waals surface area contributed by atoms with Crippen LogP contribution >= 0.6 is 24.2 Å². The molecule has 0 aromatic heterocycles. The molecule has 34 heavy (non-hydrogen) atoms. The predicted molar refractivity (Wildman–Crippen MR) is 162 cm³/mol. The van der Waals surface area contributed by atoms with Gasteiger partial charge < -0.3 is 23.1 Å². The van der Waals surface area contributed by atoms with E-state index in [0.717, 1.165) is 0 Å². The summed E-state index contributed by atoms with van der Waals surface area (Å²) in [6.07, 6.45) is 30.7. The highest BCUT2D eigenvalue weighted by Crippen LogP contribution is 2.62. The number of allylic oxidation sites excluding steroid dienone is 1. The lowest BCUT2D eigenvalue weighted by atomic mass is 10.1. The number of benzene rings is 1.